The van der Waals surface area contributed by atoms with Crippen molar-refractivity contribution in [2.45, 2.75) is 71.3 Å². The lowest BCUT2D eigenvalue weighted by molar-refractivity contribution is -0.131. The number of rotatable bonds is 12. The van der Waals surface area contributed by atoms with E-state index in [2.05, 4.69) is 38.2 Å². The summed E-state index contributed by atoms with van der Waals surface area (Å²) in [5, 5.41) is 13.8. The Balaban J connectivity index is 1.04. The first-order valence-corrected chi connectivity index (χ1v) is 17.3. The average Bonchev–Trinajstić information content (AvgIpc) is 3.38. The fraction of sp³-hybridized carbons (Fsp3) is 0.395. The Bertz CT molecular complexity index is 1850. The van der Waals surface area contributed by atoms with Crippen molar-refractivity contribution < 1.29 is 24.0 Å². The van der Waals surface area contributed by atoms with Gasteiger partial charge in [-0.15, -0.1) is 16.6 Å². The molecule has 3 aliphatic rings. The molecule has 51 heavy (non-hydrogen) atoms. The number of carbonyl (C=O) groups excluding carboxylic acids is 5. The lowest BCUT2D eigenvalue weighted by atomic mass is 10.0. The van der Waals surface area contributed by atoms with Gasteiger partial charge in [-0.2, -0.15) is 0 Å². The number of imide groups is 1. The molecule has 0 radical (unpaired) electrons. The van der Waals surface area contributed by atoms with E-state index in [-0.39, 0.29) is 35.0 Å². The van der Waals surface area contributed by atoms with Gasteiger partial charge in [-0.3, -0.25) is 28.9 Å². The van der Waals surface area contributed by atoms with Crippen molar-refractivity contribution in [1.82, 2.24) is 25.3 Å². The van der Waals surface area contributed by atoms with Crippen molar-refractivity contribution in [1.29, 1.82) is 0 Å². The predicted molar refractivity (Wildman–Crippen MR) is 195 cm³/mol. The quantitative estimate of drug-likeness (QED) is 0.128. The minimum Gasteiger partial charge on any atom is -0.380 e. The van der Waals surface area contributed by atoms with Gasteiger partial charge >= 0.3 is 0 Å². The number of anilines is 3. The van der Waals surface area contributed by atoms with E-state index in [1.165, 1.54) is 6.07 Å². The normalized spacial score (nSPS) is 18.1. The molecule has 1 aromatic carbocycles. The minimum absolute atomic E-state index is 0.0960. The number of nitrogen functional groups attached to an aromatic ring is 1. The third-order valence-electron chi connectivity index (χ3n) is 9.40. The highest BCUT2D eigenvalue weighted by Crippen LogP contribution is 2.33. The lowest BCUT2D eigenvalue weighted by Gasteiger charge is -2.36. The lowest BCUT2D eigenvalue weighted by Crippen LogP contribution is -2.51. The number of amides is 5. The molecule has 3 aliphatic heterocycles. The molecule has 2 aromatic rings. The Hall–Kier alpha value is -5.77. The molecule has 4 heterocycles. The number of unbranched alkanes of at least 4 members (excludes halogenated alkanes) is 3. The Morgan fingerprint density at radius 2 is 1.80 bits per heavy atom. The highest BCUT2D eigenvalue weighted by atomic mass is 16.2. The molecule has 13 nitrogen and oxygen atoms in total. The number of fused-ring (bicyclic) bond motifs is 1. The molecule has 2 fully saturated rings. The number of nitrogens with two attached hydrogens (primary N) is 1. The second-order valence-electron chi connectivity index (χ2n) is 12.9. The van der Waals surface area contributed by atoms with Crippen LogP contribution >= 0.6 is 0 Å². The molecule has 0 bridgehead atoms. The smallest absolute Gasteiger partial charge is 0.264 e. The first kappa shape index (κ1) is 36.5. The Morgan fingerprint density at radius 1 is 1.08 bits per heavy atom. The summed E-state index contributed by atoms with van der Waals surface area (Å²) >= 11 is 0. The minimum atomic E-state index is -0.926. The van der Waals surface area contributed by atoms with Gasteiger partial charge in [-0.05, 0) is 57.7 Å². The molecule has 1 atom stereocenters. The van der Waals surface area contributed by atoms with Gasteiger partial charge in [0.1, 0.15) is 6.04 Å². The van der Waals surface area contributed by atoms with Crippen molar-refractivity contribution in [2.75, 3.05) is 42.1 Å². The van der Waals surface area contributed by atoms with E-state index in [0.29, 0.717) is 75.5 Å². The number of hydrogen-bond donors (Lipinski definition) is 3. The molecule has 1 unspecified atom stereocenters. The number of aromatic nitrogens is 2. The van der Waals surface area contributed by atoms with Crippen LogP contribution in [0.5, 0.6) is 0 Å². The summed E-state index contributed by atoms with van der Waals surface area (Å²) in [5.74, 6) is 1.21. The van der Waals surface area contributed by atoms with Gasteiger partial charge in [0.15, 0.2) is 5.82 Å². The van der Waals surface area contributed by atoms with Gasteiger partial charge in [0.05, 0.1) is 28.2 Å². The maximum Gasteiger partial charge on any atom is 0.264 e. The largest absolute Gasteiger partial charge is 0.380 e. The van der Waals surface area contributed by atoms with Crippen LogP contribution in [-0.4, -0.2) is 81.8 Å². The van der Waals surface area contributed by atoms with E-state index < -0.39 is 23.8 Å². The highest BCUT2D eigenvalue weighted by molar-refractivity contribution is 6.25. The van der Waals surface area contributed by atoms with Crippen LogP contribution < -0.4 is 21.3 Å². The SMILES string of the molecule is C#C/C(C)=C(\C=C/C)c1cc(N2CCN(C(=O)CCCCCCC(=O)Nc3cccc4c3C(=O)N(C3CCC(=C)NC3=O)C4=O)CC2)c(N)nn1. The fourth-order valence-electron chi connectivity index (χ4n) is 6.61. The number of nitrogens with one attached hydrogen (secondary N) is 2. The number of piperazine rings is 1. The number of nitrogens with zero attached hydrogens (tertiary/aromatic N) is 5. The molecule has 0 saturated carbocycles. The second kappa shape index (κ2) is 16.3. The number of terminal acetylenes is 1. The molecular formula is C38H44N8O5. The predicted octanol–water partition coefficient (Wildman–Crippen LogP) is 4.06. The summed E-state index contributed by atoms with van der Waals surface area (Å²) in [4.78, 5) is 69.7. The van der Waals surface area contributed by atoms with Crippen molar-refractivity contribution in [3.8, 4) is 12.3 Å². The van der Waals surface area contributed by atoms with Crippen LogP contribution in [0.2, 0.25) is 0 Å². The van der Waals surface area contributed by atoms with Crippen LogP contribution in [0, 0.1) is 12.3 Å². The standard InChI is InChI=1S/C38H44N8O5/c1-5-12-26(24(3)6-2)29-23-31(35(39)43-42-29)44-19-21-45(22-20-44)33(48)16-10-8-7-9-15-32(47)41-28-14-11-13-27-34(28)38(51)46(37(27)50)30-18-17-25(4)40-36(30)49/h2,5,11-14,23,30H,4,7-10,15-22H2,1,3H3,(H2,39,43)(H,40,49)(H,41,47)/b12-5-,26-24+. The number of allylic oxidation sites excluding steroid dienone is 5. The summed E-state index contributed by atoms with van der Waals surface area (Å²) in [6.07, 6.45) is 13.7. The average molecular weight is 693 g/mol. The Morgan fingerprint density at radius 3 is 2.49 bits per heavy atom. The first-order valence-electron chi connectivity index (χ1n) is 17.3. The van der Waals surface area contributed by atoms with E-state index >= 15 is 0 Å². The Labute approximate surface area is 298 Å². The van der Waals surface area contributed by atoms with E-state index in [0.717, 1.165) is 34.6 Å². The van der Waals surface area contributed by atoms with Crippen LogP contribution in [-0.2, 0) is 14.4 Å². The van der Waals surface area contributed by atoms with Gasteiger partial charge in [0, 0.05) is 55.9 Å². The monoisotopic (exact) mass is 692 g/mol. The zero-order valence-corrected chi connectivity index (χ0v) is 29.2. The van der Waals surface area contributed by atoms with Crippen molar-refractivity contribution >= 4 is 52.3 Å². The van der Waals surface area contributed by atoms with Crippen LogP contribution in [0.25, 0.3) is 5.57 Å². The summed E-state index contributed by atoms with van der Waals surface area (Å²) in [6.45, 7) is 9.87. The van der Waals surface area contributed by atoms with Crippen LogP contribution in [0.15, 0.2) is 54.3 Å². The Kier molecular flexibility index (Phi) is 11.7. The van der Waals surface area contributed by atoms with Crippen molar-refractivity contribution in [3.05, 3.63) is 71.1 Å². The summed E-state index contributed by atoms with van der Waals surface area (Å²) in [7, 11) is 0. The molecular weight excluding hydrogens is 648 g/mol. The van der Waals surface area contributed by atoms with E-state index in [4.69, 9.17) is 12.2 Å². The zero-order chi connectivity index (χ0) is 36.7. The number of carbonyl (C=O) groups is 5. The van der Waals surface area contributed by atoms with E-state index in [1.54, 1.807) is 12.1 Å². The summed E-state index contributed by atoms with van der Waals surface area (Å²) < 4.78 is 0. The first-order chi connectivity index (χ1) is 24.5. The van der Waals surface area contributed by atoms with E-state index in [9.17, 15) is 24.0 Å². The summed E-state index contributed by atoms with van der Waals surface area (Å²) in [6, 6.07) is 5.68. The third kappa shape index (κ3) is 8.17. The molecule has 266 valence electrons. The molecule has 1 aromatic heterocycles. The topological polar surface area (TPSA) is 171 Å². The summed E-state index contributed by atoms with van der Waals surface area (Å²) in [5.41, 5.74) is 10.2. The molecule has 5 amide bonds. The zero-order valence-electron chi connectivity index (χ0n) is 29.2. The van der Waals surface area contributed by atoms with Crippen molar-refractivity contribution in [3.63, 3.8) is 0 Å². The number of hydrogen-bond acceptors (Lipinski definition) is 9. The van der Waals surface area contributed by atoms with Crippen LogP contribution in [0.3, 0.4) is 0 Å². The fourth-order valence-corrected chi connectivity index (χ4v) is 6.61. The van der Waals surface area contributed by atoms with Gasteiger partial charge in [0.2, 0.25) is 17.7 Å². The molecule has 5 rings (SSSR count). The van der Waals surface area contributed by atoms with E-state index in [1.807, 2.05) is 37.0 Å². The molecule has 13 heteroatoms. The second-order valence-corrected chi connectivity index (χ2v) is 12.9. The third-order valence-corrected chi connectivity index (χ3v) is 9.40. The van der Waals surface area contributed by atoms with Crippen LogP contribution in [0.4, 0.5) is 17.2 Å². The molecule has 4 N–H and O–H groups in total. The van der Waals surface area contributed by atoms with Gasteiger partial charge in [-0.1, -0.05) is 43.6 Å². The molecule has 2 saturated heterocycles. The number of benzene rings is 1. The number of piperidine rings is 1. The van der Waals surface area contributed by atoms with Crippen LogP contribution in [0.1, 0.15) is 91.6 Å². The van der Waals surface area contributed by atoms with Gasteiger partial charge < -0.3 is 26.2 Å². The maximum atomic E-state index is 13.3. The maximum absolute atomic E-state index is 13.3. The molecule has 0 aliphatic carbocycles. The van der Waals surface area contributed by atoms with Gasteiger partial charge in [-0.25, -0.2) is 0 Å². The van der Waals surface area contributed by atoms with Gasteiger partial charge in [0.25, 0.3) is 11.8 Å². The highest BCUT2D eigenvalue weighted by Gasteiger charge is 2.45. The van der Waals surface area contributed by atoms with Crippen molar-refractivity contribution in [2.24, 2.45) is 0 Å². The molecule has 0 spiro atoms.